The molecule has 0 aliphatic rings. The minimum absolute atomic E-state index is 0.631. The van der Waals surface area contributed by atoms with E-state index in [4.69, 9.17) is 9.40 Å². The molecule has 7 aromatic carbocycles. The van der Waals surface area contributed by atoms with Crippen LogP contribution in [0.15, 0.2) is 162 Å². The lowest BCUT2D eigenvalue weighted by atomic mass is 9.99. The Labute approximate surface area is 264 Å². The van der Waals surface area contributed by atoms with Crippen molar-refractivity contribution in [2.45, 2.75) is 0 Å². The second-order valence-electron chi connectivity index (χ2n) is 11.2. The largest absolute Gasteiger partial charge is 0.435 e. The first kappa shape index (κ1) is 25.8. The van der Waals surface area contributed by atoms with Gasteiger partial charge in [-0.05, 0) is 71.6 Å². The van der Waals surface area contributed by atoms with E-state index < -0.39 is 0 Å². The third-order valence-corrected chi connectivity index (χ3v) is 9.61. The van der Waals surface area contributed by atoms with E-state index in [-0.39, 0.29) is 0 Å². The zero-order valence-corrected chi connectivity index (χ0v) is 25.0. The molecule has 0 aliphatic heterocycles. The zero-order chi connectivity index (χ0) is 29.7. The molecule has 2 aromatic heterocycles. The van der Waals surface area contributed by atoms with Gasteiger partial charge in [0.15, 0.2) is 5.58 Å². The van der Waals surface area contributed by atoms with Crippen LogP contribution in [0.25, 0.3) is 64.6 Å². The van der Waals surface area contributed by atoms with Gasteiger partial charge in [0.25, 0.3) is 0 Å². The first-order valence-electron chi connectivity index (χ1n) is 15.0. The molecular formula is C41H26N2OS. The Morgan fingerprint density at radius 1 is 0.489 bits per heavy atom. The highest BCUT2D eigenvalue weighted by molar-refractivity contribution is 7.25. The number of anilines is 3. The number of hydrogen-bond acceptors (Lipinski definition) is 4. The Morgan fingerprint density at radius 3 is 1.96 bits per heavy atom. The summed E-state index contributed by atoms with van der Waals surface area (Å²) in [6.07, 6.45) is 0. The predicted molar refractivity (Wildman–Crippen MR) is 190 cm³/mol. The smallest absolute Gasteiger partial charge is 0.227 e. The molecule has 0 spiro atoms. The van der Waals surface area contributed by atoms with Crippen molar-refractivity contribution in [3.8, 4) is 22.6 Å². The van der Waals surface area contributed by atoms with E-state index >= 15 is 0 Å². The van der Waals surface area contributed by atoms with Gasteiger partial charge in [-0.2, -0.15) is 0 Å². The van der Waals surface area contributed by atoms with Gasteiger partial charge in [0.05, 0.1) is 0 Å². The van der Waals surface area contributed by atoms with Crippen LogP contribution in [0.3, 0.4) is 0 Å². The molecule has 9 aromatic rings. The van der Waals surface area contributed by atoms with E-state index in [0.717, 1.165) is 55.6 Å². The van der Waals surface area contributed by atoms with Crippen molar-refractivity contribution in [3.63, 3.8) is 0 Å². The van der Waals surface area contributed by atoms with Crippen molar-refractivity contribution in [2.24, 2.45) is 0 Å². The Bertz CT molecular complexity index is 2480. The molecule has 0 saturated heterocycles. The molecule has 9 rings (SSSR count). The minimum Gasteiger partial charge on any atom is -0.435 e. The van der Waals surface area contributed by atoms with Crippen molar-refractivity contribution >= 4 is 70.4 Å². The van der Waals surface area contributed by atoms with Crippen molar-refractivity contribution in [3.05, 3.63) is 158 Å². The molecular weight excluding hydrogens is 569 g/mol. The minimum atomic E-state index is 0.631. The van der Waals surface area contributed by atoms with E-state index in [0.29, 0.717) is 5.89 Å². The first-order chi connectivity index (χ1) is 22.3. The molecule has 45 heavy (non-hydrogen) atoms. The van der Waals surface area contributed by atoms with Crippen LogP contribution >= 0.6 is 11.3 Å². The number of fused-ring (bicyclic) bond motifs is 6. The van der Waals surface area contributed by atoms with Gasteiger partial charge in [-0.1, -0.05) is 97.1 Å². The third-order valence-electron chi connectivity index (χ3n) is 8.48. The maximum atomic E-state index is 6.51. The van der Waals surface area contributed by atoms with Gasteiger partial charge in [0.1, 0.15) is 5.52 Å². The average molecular weight is 595 g/mol. The van der Waals surface area contributed by atoms with Crippen LogP contribution in [-0.2, 0) is 0 Å². The number of rotatable bonds is 5. The summed E-state index contributed by atoms with van der Waals surface area (Å²) >= 11 is 1.84. The number of nitrogens with zero attached hydrogens (tertiary/aromatic N) is 2. The molecule has 0 unspecified atom stereocenters. The lowest BCUT2D eigenvalue weighted by Gasteiger charge is -2.25. The Hall–Kier alpha value is -5.71. The molecule has 2 heterocycles. The van der Waals surface area contributed by atoms with Gasteiger partial charge in [0, 0.05) is 53.7 Å². The summed E-state index contributed by atoms with van der Waals surface area (Å²) in [4.78, 5) is 7.31. The van der Waals surface area contributed by atoms with Crippen molar-refractivity contribution < 1.29 is 4.42 Å². The van der Waals surface area contributed by atoms with Gasteiger partial charge in [-0.15, -0.1) is 11.3 Å². The second-order valence-corrected chi connectivity index (χ2v) is 12.3. The van der Waals surface area contributed by atoms with E-state index in [9.17, 15) is 0 Å². The molecule has 0 amide bonds. The predicted octanol–water partition coefficient (Wildman–Crippen LogP) is 12.2. The Morgan fingerprint density at radius 2 is 1.13 bits per heavy atom. The molecule has 0 bridgehead atoms. The molecule has 4 heteroatoms. The molecule has 0 atom stereocenters. The van der Waals surface area contributed by atoms with Gasteiger partial charge in [-0.25, -0.2) is 4.98 Å². The number of thiophene rings is 1. The standard InChI is InChI=1S/C41H26N2OS/c1-3-11-28(12-4-1)41-42-39-33-16-8-7-13-29(33)25-36(40(39)44-41)27-19-21-31(22-20-27)43(30-14-5-2-6-15-30)32-23-24-35-34-17-9-10-18-37(34)45-38(35)26-32/h1-26H. The van der Waals surface area contributed by atoms with Crippen molar-refractivity contribution in [1.29, 1.82) is 0 Å². The highest BCUT2D eigenvalue weighted by atomic mass is 32.1. The molecule has 3 nitrogen and oxygen atoms in total. The van der Waals surface area contributed by atoms with Crippen LogP contribution < -0.4 is 4.90 Å². The maximum absolute atomic E-state index is 6.51. The topological polar surface area (TPSA) is 29.3 Å². The first-order valence-corrected chi connectivity index (χ1v) is 15.9. The number of para-hydroxylation sites is 1. The van der Waals surface area contributed by atoms with Crippen LogP contribution in [0.1, 0.15) is 0 Å². The highest BCUT2D eigenvalue weighted by Gasteiger charge is 2.18. The number of oxazole rings is 1. The van der Waals surface area contributed by atoms with Gasteiger partial charge in [-0.3, -0.25) is 0 Å². The molecule has 0 fully saturated rings. The van der Waals surface area contributed by atoms with Crippen LogP contribution in [0.4, 0.5) is 17.1 Å². The van der Waals surface area contributed by atoms with E-state index in [1.54, 1.807) is 0 Å². The Balaban J connectivity index is 1.18. The molecule has 212 valence electrons. The summed E-state index contributed by atoms with van der Waals surface area (Å²) in [5.74, 6) is 0.631. The van der Waals surface area contributed by atoms with Crippen LogP contribution in [0.5, 0.6) is 0 Å². The third kappa shape index (κ3) is 4.38. The van der Waals surface area contributed by atoms with Gasteiger partial charge in [0.2, 0.25) is 5.89 Å². The maximum Gasteiger partial charge on any atom is 0.227 e. The molecule has 0 N–H and O–H groups in total. The molecule has 0 radical (unpaired) electrons. The monoisotopic (exact) mass is 594 g/mol. The molecule has 0 aliphatic carbocycles. The van der Waals surface area contributed by atoms with Crippen LogP contribution in [-0.4, -0.2) is 4.98 Å². The quantitative estimate of drug-likeness (QED) is 0.198. The van der Waals surface area contributed by atoms with Gasteiger partial charge < -0.3 is 9.32 Å². The summed E-state index contributed by atoms with van der Waals surface area (Å²) in [6, 6.07) is 55.5. The lowest BCUT2D eigenvalue weighted by Crippen LogP contribution is -2.09. The SMILES string of the molecule is c1ccc(-c2nc3c(o2)c(-c2ccc(N(c4ccccc4)c4ccc5c(c4)sc4ccccc45)cc2)cc2ccccc23)cc1. The second kappa shape index (κ2) is 10.5. The van der Waals surface area contributed by atoms with Crippen molar-refractivity contribution in [1.82, 2.24) is 4.98 Å². The highest BCUT2D eigenvalue weighted by Crippen LogP contribution is 2.42. The normalized spacial score (nSPS) is 11.6. The summed E-state index contributed by atoms with van der Waals surface area (Å²) in [5, 5.41) is 4.83. The van der Waals surface area contributed by atoms with E-state index in [1.807, 2.05) is 41.7 Å². The zero-order valence-electron chi connectivity index (χ0n) is 24.2. The van der Waals surface area contributed by atoms with E-state index in [2.05, 4.69) is 132 Å². The summed E-state index contributed by atoms with van der Waals surface area (Å²) in [7, 11) is 0. The lowest BCUT2D eigenvalue weighted by molar-refractivity contribution is 0.621. The Kier molecular flexibility index (Phi) is 6.00. The van der Waals surface area contributed by atoms with Gasteiger partial charge >= 0.3 is 0 Å². The fourth-order valence-corrected chi connectivity index (χ4v) is 7.47. The number of benzene rings is 7. The number of aromatic nitrogens is 1. The number of hydrogen-bond donors (Lipinski definition) is 0. The molecule has 0 saturated carbocycles. The summed E-state index contributed by atoms with van der Waals surface area (Å²) in [5.41, 5.74) is 8.09. The fraction of sp³-hybridized carbons (Fsp3) is 0. The van der Waals surface area contributed by atoms with Crippen LogP contribution in [0.2, 0.25) is 0 Å². The summed E-state index contributed by atoms with van der Waals surface area (Å²) < 4.78 is 9.10. The average Bonchev–Trinajstić information content (AvgIpc) is 3.72. The van der Waals surface area contributed by atoms with E-state index in [1.165, 1.54) is 20.2 Å². The van der Waals surface area contributed by atoms with Crippen LogP contribution in [0, 0.1) is 0 Å². The van der Waals surface area contributed by atoms with Crippen molar-refractivity contribution in [2.75, 3.05) is 4.90 Å². The summed E-state index contributed by atoms with van der Waals surface area (Å²) in [6.45, 7) is 0. The fourth-order valence-electron chi connectivity index (χ4n) is 6.33.